The van der Waals surface area contributed by atoms with Gasteiger partial charge in [0.1, 0.15) is 11.8 Å². The van der Waals surface area contributed by atoms with Crippen LogP contribution in [0.15, 0.2) is 24.3 Å². The van der Waals surface area contributed by atoms with Crippen LogP contribution >= 0.6 is 0 Å². The number of amides is 1. The number of ether oxygens (including phenoxy) is 1. The number of carbonyl (C=O) groups excluding carboxylic acids is 1. The fraction of sp³-hybridized carbons (Fsp3) is 0.636. The number of nitrogens with zero attached hydrogens (tertiary/aromatic N) is 2. The van der Waals surface area contributed by atoms with Crippen molar-refractivity contribution in [2.75, 3.05) is 19.6 Å². The van der Waals surface area contributed by atoms with E-state index in [4.69, 9.17) is 4.74 Å². The maximum absolute atomic E-state index is 12.7. The number of nitriles is 1. The topological polar surface area (TPSA) is 65.4 Å². The zero-order chi connectivity index (χ0) is 19.1. The molecule has 3 rings (SSSR count). The van der Waals surface area contributed by atoms with E-state index < -0.39 is 6.10 Å². The van der Waals surface area contributed by atoms with E-state index in [0.29, 0.717) is 17.9 Å². The number of rotatable bonds is 6. The minimum Gasteiger partial charge on any atom is -0.480 e. The quantitative estimate of drug-likeness (QED) is 0.831. The predicted octanol–water partition coefficient (Wildman–Crippen LogP) is 3.63. The van der Waals surface area contributed by atoms with Crippen LogP contribution in [0.4, 0.5) is 0 Å². The van der Waals surface area contributed by atoms with Gasteiger partial charge in [-0.1, -0.05) is 37.8 Å². The number of benzene rings is 1. The van der Waals surface area contributed by atoms with Crippen molar-refractivity contribution in [3.63, 3.8) is 0 Å². The van der Waals surface area contributed by atoms with E-state index in [-0.39, 0.29) is 11.4 Å². The largest absolute Gasteiger partial charge is 0.480 e. The van der Waals surface area contributed by atoms with Crippen molar-refractivity contribution in [3.8, 4) is 11.8 Å². The monoisotopic (exact) mass is 369 g/mol. The van der Waals surface area contributed by atoms with Crippen molar-refractivity contribution >= 4 is 5.91 Å². The number of piperidine rings is 1. The van der Waals surface area contributed by atoms with Crippen LogP contribution in [0.1, 0.15) is 63.9 Å². The summed E-state index contributed by atoms with van der Waals surface area (Å²) in [6.45, 7) is 4.74. The summed E-state index contributed by atoms with van der Waals surface area (Å²) in [6.07, 6.45) is 9.35. The zero-order valence-electron chi connectivity index (χ0n) is 16.4. The summed E-state index contributed by atoms with van der Waals surface area (Å²) in [7, 11) is 0. The first-order valence-electron chi connectivity index (χ1n) is 10.3. The second kappa shape index (κ2) is 9.23. The molecule has 1 unspecified atom stereocenters. The molecule has 146 valence electrons. The molecule has 1 aromatic carbocycles. The van der Waals surface area contributed by atoms with Crippen molar-refractivity contribution in [2.45, 2.75) is 69.9 Å². The molecule has 1 aromatic rings. The summed E-state index contributed by atoms with van der Waals surface area (Å²) in [5, 5.41) is 12.3. The van der Waals surface area contributed by atoms with Crippen molar-refractivity contribution in [2.24, 2.45) is 0 Å². The average Bonchev–Trinajstić information content (AvgIpc) is 2.73. The summed E-state index contributed by atoms with van der Waals surface area (Å²) in [4.78, 5) is 15.3. The average molecular weight is 370 g/mol. The fourth-order valence-corrected chi connectivity index (χ4v) is 4.48. The number of nitrogens with one attached hydrogen (secondary N) is 1. The van der Waals surface area contributed by atoms with Crippen LogP contribution in [0.2, 0.25) is 0 Å². The van der Waals surface area contributed by atoms with E-state index in [1.165, 1.54) is 51.4 Å². The van der Waals surface area contributed by atoms with Crippen molar-refractivity contribution < 1.29 is 9.53 Å². The van der Waals surface area contributed by atoms with Crippen LogP contribution in [0.5, 0.6) is 5.75 Å². The molecule has 1 saturated carbocycles. The van der Waals surface area contributed by atoms with E-state index in [1.54, 1.807) is 25.1 Å². The molecule has 5 nitrogen and oxygen atoms in total. The van der Waals surface area contributed by atoms with E-state index >= 15 is 0 Å². The van der Waals surface area contributed by atoms with Crippen LogP contribution in [-0.4, -0.2) is 42.1 Å². The molecule has 1 aliphatic heterocycles. The minimum absolute atomic E-state index is 0.107. The standard InChI is InChI=1S/C22H31N3O2/c1-18(27-20-11-5-4-10-19(20)16-23)21(26)24-17-22(12-6-2-7-13-22)25-14-8-3-9-15-25/h4-5,10-11,18H,2-3,6-9,12-15,17H2,1H3,(H,24,26). The molecule has 1 saturated heterocycles. The molecule has 0 spiro atoms. The van der Waals surface area contributed by atoms with Gasteiger partial charge in [0.25, 0.3) is 5.91 Å². The maximum atomic E-state index is 12.7. The zero-order valence-corrected chi connectivity index (χ0v) is 16.4. The Bertz CT molecular complexity index is 670. The molecule has 1 amide bonds. The number of hydrogen-bond acceptors (Lipinski definition) is 4. The number of hydrogen-bond donors (Lipinski definition) is 1. The molecule has 1 atom stereocenters. The van der Waals surface area contributed by atoms with Crippen molar-refractivity contribution in [3.05, 3.63) is 29.8 Å². The lowest BCUT2D eigenvalue weighted by atomic mass is 9.79. The lowest BCUT2D eigenvalue weighted by Gasteiger charge is -2.48. The highest BCUT2D eigenvalue weighted by molar-refractivity contribution is 5.80. The Morgan fingerprint density at radius 3 is 2.56 bits per heavy atom. The molecule has 1 N–H and O–H groups in total. The van der Waals surface area contributed by atoms with Gasteiger partial charge < -0.3 is 10.1 Å². The molecule has 5 heteroatoms. The molecule has 0 aromatic heterocycles. The first-order chi connectivity index (χ1) is 13.1. The van der Waals surface area contributed by atoms with E-state index in [2.05, 4.69) is 16.3 Å². The summed E-state index contributed by atoms with van der Waals surface area (Å²) < 4.78 is 5.77. The number of carbonyl (C=O) groups is 1. The molecule has 2 aliphatic rings. The Kier molecular flexibility index (Phi) is 6.73. The molecule has 1 aliphatic carbocycles. The molecule has 0 bridgehead atoms. The molecular weight excluding hydrogens is 338 g/mol. The highest BCUT2D eigenvalue weighted by Crippen LogP contribution is 2.35. The second-order valence-corrected chi connectivity index (χ2v) is 7.92. The molecular formula is C22H31N3O2. The first kappa shape index (κ1) is 19.7. The summed E-state index contributed by atoms with van der Waals surface area (Å²) >= 11 is 0. The van der Waals surface area contributed by atoms with Gasteiger partial charge in [-0.2, -0.15) is 5.26 Å². The number of likely N-dealkylation sites (tertiary alicyclic amines) is 1. The lowest BCUT2D eigenvalue weighted by molar-refractivity contribution is -0.128. The van der Waals surface area contributed by atoms with Crippen LogP contribution in [0, 0.1) is 11.3 Å². The second-order valence-electron chi connectivity index (χ2n) is 7.92. The summed E-state index contributed by atoms with van der Waals surface area (Å²) in [6, 6.07) is 9.15. The van der Waals surface area contributed by atoms with Crippen LogP contribution in [-0.2, 0) is 4.79 Å². The van der Waals surface area contributed by atoms with E-state index in [0.717, 1.165) is 13.1 Å². The van der Waals surface area contributed by atoms with Gasteiger partial charge >= 0.3 is 0 Å². The third-order valence-electron chi connectivity index (χ3n) is 6.08. The van der Waals surface area contributed by atoms with Gasteiger partial charge in [0, 0.05) is 12.1 Å². The lowest BCUT2D eigenvalue weighted by Crippen LogP contribution is -2.58. The first-order valence-corrected chi connectivity index (χ1v) is 10.3. The molecule has 1 heterocycles. The van der Waals surface area contributed by atoms with Gasteiger partial charge in [0.15, 0.2) is 6.10 Å². The van der Waals surface area contributed by atoms with Crippen LogP contribution < -0.4 is 10.1 Å². The van der Waals surface area contributed by atoms with Gasteiger partial charge in [0.2, 0.25) is 0 Å². The highest BCUT2D eigenvalue weighted by Gasteiger charge is 2.38. The van der Waals surface area contributed by atoms with E-state index in [1.807, 2.05) is 6.07 Å². The highest BCUT2D eigenvalue weighted by atomic mass is 16.5. The van der Waals surface area contributed by atoms with Crippen LogP contribution in [0.25, 0.3) is 0 Å². The van der Waals surface area contributed by atoms with Gasteiger partial charge in [0.05, 0.1) is 5.56 Å². The molecule has 27 heavy (non-hydrogen) atoms. The third kappa shape index (κ3) is 4.81. The maximum Gasteiger partial charge on any atom is 0.260 e. The Hall–Kier alpha value is -2.06. The van der Waals surface area contributed by atoms with Gasteiger partial charge in [-0.15, -0.1) is 0 Å². The normalized spacial score (nSPS) is 21.0. The smallest absolute Gasteiger partial charge is 0.260 e. The Balaban J connectivity index is 1.61. The SMILES string of the molecule is CC(Oc1ccccc1C#N)C(=O)NCC1(N2CCCCC2)CCCCC1. The van der Waals surface area contributed by atoms with Crippen molar-refractivity contribution in [1.82, 2.24) is 10.2 Å². The van der Waals surface area contributed by atoms with Crippen molar-refractivity contribution in [1.29, 1.82) is 5.26 Å². The Morgan fingerprint density at radius 1 is 1.19 bits per heavy atom. The fourth-order valence-electron chi connectivity index (χ4n) is 4.48. The molecule has 0 radical (unpaired) electrons. The van der Waals surface area contributed by atoms with Gasteiger partial charge in [-0.25, -0.2) is 0 Å². The third-order valence-corrected chi connectivity index (χ3v) is 6.08. The predicted molar refractivity (Wildman–Crippen MR) is 105 cm³/mol. The summed E-state index contributed by atoms with van der Waals surface area (Å²) in [5.74, 6) is 0.357. The van der Waals surface area contributed by atoms with Crippen LogP contribution in [0.3, 0.4) is 0 Å². The summed E-state index contributed by atoms with van der Waals surface area (Å²) in [5.41, 5.74) is 0.563. The Morgan fingerprint density at radius 2 is 1.85 bits per heavy atom. The van der Waals surface area contributed by atoms with Gasteiger partial charge in [-0.05, 0) is 57.8 Å². The van der Waals surface area contributed by atoms with Gasteiger partial charge in [-0.3, -0.25) is 9.69 Å². The minimum atomic E-state index is -0.624. The van der Waals surface area contributed by atoms with E-state index in [9.17, 15) is 10.1 Å². The Labute approximate surface area is 162 Å². The number of para-hydroxylation sites is 1. The molecule has 2 fully saturated rings.